The van der Waals surface area contributed by atoms with E-state index in [4.69, 9.17) is 19.0 Å². The fourth-order valence-corrected chi connectivity index (χ4v) is 11.2. The minimum Gasteiger partial charge on any atom is -0.478 e. The van der Waals surface area contributed by atoms with Crippen LogP contribution in [0.4, 0.5) is 0 Å². The molecule has 5 nitrogen and oxygen atoms in total. The van der Waals surface area contributed by atoms with Crippen LogP contribution >= 0.6 is 0 Å². The molecule has 3 rings (SSSR count). The third-order valence-electron chi connectivity index (χ3n) is 9.50. The summed E-state index contributed by atoms with van der Waals surface area (Å²) in [5, 5.41) is 11.5. The van der Waals surface area contributed by atoms with Gasteiger partial charge in [-0.1, -0.05) is 119 Å². The standard InChI is InChI=1S/C38H54O5Si/c1-29(16-15-17-30(2)24-36(39)40)22-23-38(7)31(3)25-33(42-28-41-8)26-32(38)27-43-44(37(4,5)6,34-18-11-9-12-19-34)35-20-13-10-14-21-35/h9-14,16,18-21,24,26,31,33H,15,17,22-23,25,27-28H2,1-8H3,(H,39,40)/b29-16+,30-24+/t31-,33+,38+/m1/s1. The molecule has 0 aliphatic heterocycles. The third-order valence-corrected chi connectivity index (χ3v) is 14.5. The molecule has 6 heteroatoms. The molecule has 0 saturated carbocycles. The van der Waals surface area contributed by atoms with E-state index in [9.17, 15) is 4.79 Å². The van der Waals surface area contributed by atoms with E-state index in [2.05, 4.69) is 114 Å². The van der Waals surface area contributed by atoms with Crippen LogP contribution in [0.5, 0.6) is 0 Å². The molecule has 0 unspecified atom stereocenters. The number of hydrogen-bond donors (Lipinski definition) is 1. The number of carbonyl (C=O) groups is 1. The highest BCUT2D eigenvalue weighted by Crippen LogP contribution is 2.48. The largest absolute Gasteiger partial charge is 0.478 e. The van der Waals surface area contributed by atoms with Crippen molar-refractivity contribution in [1.82, 2.24) is 0 Å². The normalized spacial score (nSPS) is 21.7. The van der Waals surface area contributed by atoms with Crippen molar-refractivity contribution in [2.24, 2.45) is 11.3 Å². The van der Waals surface area contributed by atoms with Gasteiger partial charge in [0, 0.05) is 13.2 Å². The number of carboxylic acid groups (broad SMARTS) is 1. The lowest BCUT2D eigenvalue weighted by molar-refractivity contribution is -0.131. The van der Waals surface area contributed by atoms with Gasteiger partial charge in [-0.15, -0.1) is 0 Å². The van der Waals surface area contributed by atoms with E-state index in [1.165, 1.54) is 27.6 Å². The van der Waals surface area contributed by atoms with Crippen LogP contribution in [-0.4, -0.2) is 46.0 Å². The summed E-state index contributed by atoms with van der Waals surface area (Å²) in [6.45, 7) is 16.6. The van der Waals surface area contributed by atoms with Crippen LogP contribution in [0, 0.1) is 11.3 Å². The smallest absolute Gasteiger partial charge is 0.328 e. The number of aliphatic carboxylic acids is 1. The summed E-state index contributed by atoms with van der Waals surface area (Å²) in [6, 6.07) is 21.6. The van der Waals surface area contributed by atoms with E-state index in [-0.39, 0.29) is 23.4 Å². The lowest BCUT2D eigenvalue weighted by Crippen LogP contribution is -2.66. The van der Waals surface area contributed by atoms with E-state index >= 15 is 0 Å². The van der Waals surface area contributed by atoms with E-state index in [0.717, 1.165) is 37.7 Å². The first kappa shape index (κ1) is 35.7. The van der Waals surface area contributed by atoms with Gasteiger partial charge in [0.05, 0.1) is 12.7 Å². The topological polar surface area (TPSA) is 65.0 Å². The molecule has 0 radical (unpaired) electrons. The van der Waals surface area contributed by atoms with Gasteiger partial charge in [0.2, 0.25) is 0 Å². The Hall–Kier alpha value is -2.77. The summed E-state index contributed by atoms with van der Waals surface area (Å²) >= 11 is 0. The van der Waals surface area contributed by atoms with Crippen LogP contribution in [0.2, 0.25) is 5.04 Å². The highest BCUT2D eigenvalue weighted by atomic mass is 28.4. The number of benzene rings is 2. The van der Waals surface area contributed by atoms with Gasteiger partial charge >= 0.3 is 5.97 Å². The number of allylic oxidation sites excluding steroid dienone is 3. The molecule has 240 valence electrons. The maximum absolute atomic E-state index is 11.0. The summed E-state index contributed by atoms with van der Waals surface area (Å²) in [7, 11) is -1.05. The van der Waals surface area contributed by atoms with E-state index in [1.54, 1.807) is 7.11 Å². The summed E-state index contributed by atoms with van der Waals surface area (Å²) < 4.78 is 18.8. The van der Waals surface area contributed by atoms with Crippen LogP contribution in [0.3, 0.4) is 0 Å². The zero-order chi connectivity index (χ0) is 32.4. The Labute approximate surface area is 267 Å². The first-order chi connectivity index (χ1) is 20.8. The number of methoxy groups -OCH3 is 1. The van der Waals surface area contributed by atoms with Gasteiger partial charge in [-0.25, -0.2) is 4.79 Å². The molecule has 44 heavy (non-hydrogen) atoms. The first-order valence-electron chi connectivity index (χ1n) is 16.0. The molecule has 0 fully saturated rings. The predicted molar refractivity (Wildman–Crippen MR) is 184 cm³/mol. The average molecular weight is 619 g/mol. The van der Waals surface area contributed by atoms with Gasteiger partial charge in [0.15, 0.2) is 0 Å². The number of ether oxygens (including phenoxy) is 2. The van der Waals surface area contributed by atoms with Gasteiger partial charge in [-0.2, -0.15) is 0 Å². The second-order valence-electron chi connectivity index (χ2n) is 13.7. The second-order valence-corrected chi connectivity index (χ2v) is 18.0. The molecular weight excluding hydrogens is 564 g/mol. The average Bonchev–Trinajstić information content (AvgIpc) is 2.97. The molecule has 1 N–H and O–H groups in total. The fraction of sp³-hybridized carbons (Fsp3) is 0.500. The Balaban J connectivity index is 1.95. The second kappa shape index (κ2) is 16.0. The molecular formula is C38H54O5Si. The minimum absolute atomic E-state index is 0.0172. The monoisotopic (exact) mass is 618 g/mol. The van der Waals surface area contributed by atoms with E-state index < -0.39 is 14.3 Å². The Morgan fingerprint density at radius 2 is 1.59 bits per heavy atom. The molecule has 0 heterocycles. The Morgan fingerprint density at radius 1 is 1.00 bits per heavy atom. The van der Waals surface area contributed by atoms with Crippen LogP contribution in [0.15, 0.2) is 95.6 Å². The molecule has 3 atom stereocenters. The highest BCUT2D eigenvalue weighted by Gasteiger charge is 2.51. The molecule has 0 bridgehead atoms. The van der Waals surface area contributed by atoms with Crippen molar-refractivity contribution < 1.29 is 23.8 Å². The number of carboxylic acids is 1. The Bertz CT molecular complexity index is 1250. The number of hydrogen-bond acceptors (Lipinski definition) is 4. The lowest BCUT2D eigenvalue weighted by atomic mass is 9.64. The predicted octanol–water partition coefficient (Wildman–Crippen LogP) is 8.06. The zero-order valence-electron chi connectivity index (χ0n) is 28.2. The summed E-state index contributed by atoms with van der Waals surface area (Å²) in [6.07, 6.45) is 10.4. The zero-order valence-corrected chi connectivity index (χ0v) is 29.2. The molecule has 1 aliphatic carbocycles. The van der Waals surface area contributed by atoms with Gasteiger partial charge in [0.25, 0.3) is 8.32 Å². The molecule has 1 aliphatic rings. The van der Waals surface area contributed by atoms with Gasteiger partial charge in [-0.3, -0.25) is 0 Å². The maximum atomic E-state index is 11.0. The van der Waals surface area contributed by atoms with Crippen molar-refractivity contribution in [3.8, 4) is 0 Å². The van der Waals surface area contributed by atoms with Crippen LogP contribution in [0.25, 0.3) is 0 Å². The van der Waals surface area contributed by atoms with Crippen LogP contribution < -0.4 is 10.4 Å². The summed E-state index contributed by atoms with van der Waals surface area (Å²) in [5.41, 5.74) is 3.47. The molecule has 0 amide bonds. The van der Waals surface area contributed by atoms with Crippen molar-refractivity contribution >= 4 is 24.7 Å². The SMILES string of the molecule is COCO[C@@H]1C=C(CO[Si](c2ccccc2)(c2ccccc2)C(C)(C)C)[C@@](C)(CC/C(C)=C/CC/C(C)=C/C(=O)O)[C@H](C)C1. The summed E-state index contributed by atoms with van der Waals surface area (Å²) in [4.78, 5) is 11.0. The van der Waals surface area contributed by atoms with Crippen molar-refractivity contribution in [2.75, 3.05) is 20.5 Å². The van der Waals surface area contributed by atoms with E-state index in [0.29, 0.717) is 12.5 Å². The van der Waals surface area contributed by atoms with Crippen molar-refractivity contribution in [3.05, 3.63) is 95.6 Å². The Kier molecular flexibility index (Phi) is 13.0. The van der Waals surface area contributed by atoms with Crippen molar-refractivity contribution in [2.45, 2.75) is 91.7 Å². The van der Waals surface area contributed by atoms with Crippen molar-refractivity contribution in [1.29, 1.82) is 0 Å². The van der Waals surface area contributed by atoms with Crippen LogP contribution in [0.1, 0.15) is 80.6 Å². The molecule has 0 spiro atoms. The summed E-state index contributed by atoms with van der Waals surface area (Å²) in [5.74, 6) is -0.490. The molecule has 0 saturated heterocycles. The maximum Gasteiger partial charge on any atom is 0.328 e. The van der Waals surface area contributed by atoms with Gasteiger partial charge in [0.1, 0.15) is 6.79 Å². The molecule has 0 aromatic heterocycles. The lowest BCUT2D eigenvalue weighted by Gasteiger charge is -2.47. The number of rotatable bonds is 15. The Morgan fingerprint density at radius 3 is 2.11 bits per heavy atom. The van der Waals surface area contributed by atoms with Crippen LogP contribution in [-0.2, 0) is 18.7 Å². The highest BCUT2D eigenvalue weighted by molar-refractivity contribution is 6.99. The first-order valence-corrected chi connectivity index (χ1v) is 17.9. The molecule has 2 aromatic carbocycles. The minimum atomic E-state index is -2.72. The van der Waals surface area contributed by atoms with E-state index in [1.807, 2.05) is 6.92 Å². The van der Waals surface area contributed by atoms with Gasteiger partial charge < -0.3 is 19.0 Å². The van der Waals surface area contributed by atoms with Crippen molar-refractivity contribution in [3.63, 3.8) is 0 Å². The molecule has 2 aromatic rings. The quantitative estimate of drug-likeness (QED) is 0.0947. The van der Waals surface area contributed by atoms with Gasteiger partial charge in [-0.05, 0) is 78.3 Å². The fourth-order valence-electron chi connectivity index (χ4n) is 6.64. The third kappa shape index (κ3) is 8.91.